The van der Waals surface area contributed by atoms with Crippen LogP contribution in [0.5, 0.6) is 0 Å². The predicted octanol–water partition coefficient (Wildman–Crippen LogP) is 0.651. The van der Waals surface area contributed by atoms with Crippen molar-refractivity contribution in [2.24, 2.45) is 0 Å². The first-order valence-corrected chi connectivity index (χ1v) is 4.80. The zero-order valence-corrected chi connectivity index (χ0v) is 8.69. The number of aromatic nitrogens is 3. The van der Waals surface area contributed by atoms with E-state index in [1.54, 1.807) is 25.6 Å². The smallest absolute Gasteiger partial charge is 0.269 e. The van der Waals surface area contributed by atoms with Crippen LogP contribution in [-0.4, -0.2) is 27.3 Å². The van der Waals surface area contributed by atoms with E-state index in [0.29, 0.717) is 11.3 Å². The summed E-state index contributed by atoms with van der Waals surface area (Å²) in [5, 5.41) is 2.59. The van der Waals surface area contributed by atoms with Gasteiger partial charge in [-0.1, -0.05) is 6.92 Å². The minimum Gasteiger partial charge on any atom is -0.354 e. The van der Waals surface area contributed by atoms with Gasteiger partial charge in [0.1, 0.15) is 5.69 Å². The van der Waals surface area contributed by atoms with Crippen LogP contribution in [0.4, 0.5) is 0 Å². The molecule has 1 N–H and O–H groups in total. The number of amides is 1. The number of aryl methyl sites for hydroxylation is 1. The molecule has 5 heteroatoms. The number of nitrogens with one attached hydrogen (secondary N) is 1. The Morgan fingerprint density at radius 1 is 1.47 bits per heavy atom. The summed E-state index contributed by atoms with van der Waals surface area (Å²) in [5.41, 5.74) is 2.23. The summed E-state index contributed by atoms with van der Waals surface area (Å²) in [7, 11) is 1.60. The van der Waals surface area contributed by atoms with Crippen molar-refractivity contribution in [2.45, 2.75) is 13.3 Å². The average molecular weight is 204 g/mol. The molecule has 0 fully saturated rings. The fourth-order valence-corrected chi connectivity index (χ4v) is 1.54. The standard InChI is InChI=1S/C10H12N4O/c1-3-7-4-13-9-6-12-5-8(14(7)9)10(15)11-2/h4-6H,3H2,1-2H3,(H,11,15). The van der Waals surface area contributed by atoms with Crippen LogP contribution >= 0.6 is 0 Å². The van der Waals surface area contributed by atoms with Gasteiger partial charge in [0, 0.05) is 18.9 Å². The van der Waals surface area contributed by atoms with Crippen LogP contribution in [0.25, 0.3) is 5.65 Å². The lowest BCUT2D eigenvalue weighted by Gasteiger charge is -2.05. The van der Waals surface area contributed by atoms with Crippen LogP contribution in [0.3, 0.4) is 0 Å². The third-order valence-corrected chi connectivity index (χ3v) is 2.31. The number of carbonyl (C=O) groups is 1. The number of nitrogens with zero attached hydrogens (tertiary/aromatic N) is 3. The molecule has 0 aliphatic heterocycles. The minimum atomic E-state index is -0.152. The maximum Gasteiger partial charge on any atom is 0.269 e. The zero-order valence-electron chi connectivity index (χ0n) is 8.69. The number of rotatable bonds is 2. The molecule has 0 saturated carbocycles. The molecule has 0 aliphatic rings. The molecule has 0 unspecified atom stereocenters. The molecule has 0 atom stereocenters. The van der Waals surface area contributed by atoms with E-state index in [1.807, 2.05) is 11.3 Å². The molecule has 0 bridgehead atoms. The SMILES string of the molecule is CCc1cnc2cncc(C(=O)NC)n12. The summed E-state index contributed by atoms with van der Waals surface area (Å²) in [4.78, 5) is 19.8. The summed E-state index contributed by atoms with van der Waals surface area (Å²) in [6.45, 7) is 2.03. The second-order valence-electron chi connectivity index (χ2n) is 3.17. The molecule has 0 spiro atoms. The molecule has 0 saturated heterocycles. The van der Waals surface area contributed by atoms with E-state index in [0.717, 1.165) is 12.1 Å². The summed E-state index contributed by atoms with van der Waals surface area (Å²) in [6, 6.07) is 0. The molecule has 15 heavy (non-hydrogen) atoms. The Morgan fingerprint density at radius 3 is 2.93 bits per heavy atom. The number of hydrogen-bond donors (Lipinski definition) is 1. The lowest BCUT2D eigenvalue weighted by molar-refractivity contribution is 0.0956. The monoisotopic (exact) mass is 204 g/mol. The van der Waals surface area contributed by atoms with Crippen molar-refractivity contribution in [2.75, 3.05) is 7.05 Å². The Morgan fingerprint density at radius 2 is 2.27 bits per heavy atom. The Hall–Kier alpha value is -1.91. The van der Waals surface area contributed by atoms with Gasteiger partial charge >= 0.3 is 0 Å². The molecule has 1 amide bonds. The maximum atomic E-state index is 11.6. The molecule has 78 valence electrons. The number of imidazole rings is 1. The van der Waals surface area contributed by atoms with Crippen LogP contribution in [0.15, 0.2) is 18.6 Å². The van der Waals surface area contributed by atoms with Gasteiger partial charge in [0.2, 0.25) is 0 Å². The van der Waals surface area contributed by atoms with E-state index < -0.39 is 0 Å². The van der Waals surface area contributed by atoms with Crippen molar-refractivity contribution in [3.8, 4) is 0 Å². The van der Waals surface area contributed by atoms with E-state index in [4.69, 9.17) is 0 Å². The molecule has 0 aromatic carbocycles. The Balaban J connectivity index is 2.72. The van der Waals surface area contributed by atoms with Gasteiger partial charge in [-0.2, -0.15) is 0 Å². The average Bonchev–Trinajstić information content (AvgIpc) is 2.70. The highest BCUT2D eigenvalue weighted by Crippen LogP contribution is 2.09. The zero-order chi connectivity index (χ0) is 10.8. The van der Waals surface area contributed by atoms with Crippen molar-refractivity contribution in [3.63, 3.8) is 0 Å². The van der Waals surface area contributed by atoms with E-state index in [1.165, 1.54) is 0 Å². The molecule has 2 heterocycles. The fourth-order valence-electron chi connectivity index (χ4n) is 1.54. The van der Waals surface area contributed by atoms with Crippen molar-refractivity contribution in [1.29, 1.82) is 0 Å². The van der Waals surface area contributed by atoms with Gasteiger partial charge in [-0.3, -0.25) is 14.2 Å². The van der Waals surface area contributed by atoms with Crippen LogP contribution in [0, 0.1) is 0 Å². The van der Waals surface area contributed by atoms with Gasteiger partial charge in [0.25, 0.3) is 5.91 Å². The highest BCUT2D eigenvalue weighted by Gasteiger charge is 2.11. The van der Waals surface area contributed by atoms with Crippen molar-refractivity contribution in [3.05, 3.63) is 30.0 Å². The molecular weight excluding hydrogens is 192 g/mol. The van der Waals surface area contributed by atoms with Crippen LogP contribution in [0.2, 0.25) is 0 Å². The lowest BCUT2D eigenvalue weighted by atomic mass is 10.3. The molecule has 0 aliphatic carbocycles. The van der Waals surface area contributed by atoms with Crippen molar-refractivity contribution < 1.29 is 4.79 Å². The largest absolute Gasteiger partial charge is 0.354 e. The van der Waals surface area contributed by atoms with Gasteiger partial charge in [0.05, 0.1) is 12.4 Å². The maximum absolute atomic E-state index is 11.6. The molecule has 2 aromatic heterocycles. The fraction of sp³-hybridized carbons (Fsp3) is 0.300. The number of carbonyl (C=O) groups excluding carboxylic acids is 1. The van der Waals surface area contributed by atoms with Gasteiger partial charge in [-0.15, -0.1) is 0 Å². The van der Waals surface area contributed by atoms with Gasteiger partial charge in [-0.25, -0.2) is 4.98 Å². The predicted molar refractivity (Wildman–Crippen MR) is 55.8 cm³/mol. The summed E-state index contributed by atoms with van der Waals surface area (Å²) >= 11 is 0. The number of fused-ring (bicyclic) bond motifs is 1. The quantitative estimate of drug-likeness (QED) is 0.781. The Kier molecular flexibility index (Phi) is 2.37. The van der Waals surface area contributed by atoms with Gasteiger partial charge < -0.3 is 5.32 Å². The first kappa shape index (κ1) is 9.64. The molecule has 0 radical (unpaired) electrons. The third kappa shape index (κ3) is 1.45. The molecule has 5 nitrogen and oxygen atoms in total. The highest BCUT2D eigenvalue weighted by molar-refractivity contribution is 5.92. The topological polar surface area (TPSA) is 59.3 Å². The summed E-state index contributed by atoms with van der Waals surface area (Å²) in [6.07, 6.45) is 5.79. The number of hydrogen-bond acceptors (Lipinski definition) is 3. The van der Waals surface area contributed by atoms with E-state index in [2.05, 4.69) is 15.3 Å². The van der Waals surface area contributed by atoms with Crippen molar-refractivity contribution >= 4 is 11.6 Å². The third-order valence-electron chi connectivity index (χ3n) is 2.31. The summed E-state index contributed by atoms with van der Waals surface area (Å²) < 4.78 is 1.83. The second kappa shape index (κ2) is 3.68. The summed E-state index contributed by atoms with van der Waals surface area (Å²) in [5.74, 6) is -0.152. The van der Waals surface area contributed by atoms with E-state index in [-0.39, 0.29) is 5.91 Å². The van der Waals surface area contributed by atoms with Crippen LogP contribution in [-0.2, 0) is 6.42 Å². The van der Waals surface area contributed by atoms with Crippen LogP contribution in [0.1, 0.15) is 23.1 Å². The molecule has 2 aromatic rings. The minimum absolute atomic E-state index is 0.152. The van der Waals surface area contributed by atoms with E-state index >= 15 is 0 Å². The van der Waals surface area contributed by atoms with Gasteiger partial charge in [0.15, 0.2) is 5.65 Å². The first-order chi connectivity index (χ1) is 7.27. The lowest BCUT2D eigenvalue weighted by Crippen LogP contribution is -2.21. The molecular formula is C10H12N4O. The Bertz CT molecular complexity index is 503. The van der Waals surface area contributed by atoms with Crippen LogP contribution < -0.4 is 5.32 Å². The first-order valence-electron chi connectivity index (χ1n) is 4.80. The Labute approximate surface area is 87.2 Å². The second-order valence-corrected chi connectivity index (χ2v) is 3.17. The van der Waals surface area contributed by atoms with Crippen molar-refractivity contribution in [1.82, 2.24) is 19.7 Å². The van der Waals surface area contributed by atoms with E-state index in [9.17, 15) is 4.79 Å². The highest BCUT2D eigenvalue weighted by atomic mass is 16.1. The normalized spacial score (nSPS) is 10.5. The van der Waals surface area contributed by atoms with Gasteiger partial charge in [-0.05, 0) is 6.42 Å². The molecule has 2 rings (SSSR count).